The number of carboxylic acid groups (broad SMARTS) is 1. The van der Waals surface area contributed by atoms with E-state index in [0.717, 1.165) is 24.2 Å². The molecule has 2 rings (SSSR count). The van der Waals surface area contributed by atoms with Crippen LogP contribution in [0.25, 0.3) is 0 Å². The third-order valence-electron chi connectivity index (χ3n) is 6.81. The van der Waals surface area contributed by atoms with Crippen LogP contribution in [0.3, 0.4) is 0 Å². The number of nitrogens with two attached hydrogens (primary N) is 1. The number of hydrogen-bond acceptors (Lipinski definition) is 6. The number of aryl methyl sites for hydroxylation is 1. The number of carboxylic acids is 1. The molecule has 0 heterocycles. The van der Waals surface area contributed by atoms with E-state index in [1.807, 2.05) is 45.0 Å². The number of ether oxygens (including phenoxy) is 1. The summed E-state index contributed by atoms with van der Waals surface area (Å²) in [5.41, 5.74) is 7.32. The molecule has 0 bridgehead atoms. The largest absolute Gasteiger partial charge is 0.492 e. The molecule has 2 aromatic rings. The Labute approximate surface area is 248 Å². The van der Waals surface area contributed by atoms with E-state index in [2.05, 4.69) is 16.0 Å². The van der Waals surface area contributed by atoms with Crippen LogP contribution in [0.4, 0.5) is 4.39 Å². The van der Waals surface area contributed by atoms with Crippen molar-refractivity contribution in [3.8, 4) is 5.75 Å². The molecule has 0 aliphatic rings. The van der Waals surface area contributed by atoms with Gasteiger partial charge in [0, 0.05) is 6.04 Å². The van der Waals surface area contributed by atoms with Gasteiger partial charge < -0.3 is 26.2 Å². The number of rotatable bonds is 18. The molecule has 9 nitrogen and oxygen atoms in total. The van der Waals surface area contributed by atoms with Crippen molar-refractivity contribution >= 4 is 17.8 Å². The normalized spacial score (nSPS) is 14.2. The fourth-order valence-electron chi connectivity index (χ4n) is 4.62. The van der Waals surface area contributed by atoms with Crippen LogP contribution in [0.5, 0.6) is 5.75 Å². The van der Waals surface area contributed by atoms with Crippen LogP contribution in [-0.4, -0.2) is 60.2 Å². The molecule has 0 fully saturated rings. The number of aliphatic carboxylic acids is 1. The van der Waals surface area contributed by atoms with Crippen LogP contribution in [0.1, 0.15) is 58.6 Å². The zero-order valence-electron chi connectivity index (χ0n) is 25.4. The maximum absolute atomic E-state index is 14.0. The summed E-state index contributed by atoms with van der Waals surface area (Å²) in [5.74, 6) is -2.09. The summed E-state index contributed by atoms with van der Waals surface area (Å²) >= 11 is 0. The SMILES string of the molecule is CC(C)C[C@H](NC(=O)[C@H](NC(=O)[C@@H](Cc1cccc(F)c1)N[C@@H](C)COc1ccccc1CCCN)C(C)C)C(=O)O. The first-order chi connectivity index (χ1) is 19.9. The lowest BCUT2D eigenvalue weighted by Gasteiger charge is -2.28. The molecule has 0 aromatic heterocycles. The van der Waals surface area contributed by atoms with Crippen molar-refractivity contribution in [3.63, 3.8) is 0 Å². The molecule has 6 N–H and O–H groups in total. The summed E-state index contributed by atoms with van der Waals surface area (Å²) < 4.78 is 20.1. The Kier molecular flexibility index (Phi) is 14.4. The first-order valence-electron chi connectivity index (χ1n) is 14.7. The second-order valence-corrected chi connectivity index (χ2v) is 11.5. The predicted octanol–water partition coefficient (Wildman–Crippen LogP) is 3.44. The van der Waals surface area contributed by atoms with Gasteiger partial charge in [-0.15, -0.1) is 0 Å². The van der Waals surface area contributed by atoms with Crippen LogP contribution in [-0.2, 0) is 27.2 Å². The summed E-state index contributed by atoms with van der Waals surface area (Å²) in [6, 6.07) is 10.6. The second kappa shape index (κ2) is 17.5. The minimum absolute atomic E-state index is 0.0506. The zero-order chi connectivity index (χ0) is 31.2. The average molecular weight is 587 g/mol. The number of hydrogen-bond donors (Lipinski definition) is 5. The molecule has 0 saturated heterocycles. The number of halogens is 1. The van der Waals surface area contributed by atoms with Crippen molar-refractivity contribution in [1.29, 1.82) is 0 Å². The summed E-state index contributed by atoms with van der Waals surface area (Å²) in [4.78, 5) is 38.5. The quantitative estimate of drug-likeness (QED) is 0.180. The summed E-state index contributed by atoms with van der Waals surface area (Å²) in [6.07, 6.45) is 2.05. The fourth-order valence-corrected chi connectivity index (χ4v) is 4.62. The summed E-state index contributed by atoms with van der Waals surface area (Å²) in [5, 5.41) is 18.2. The molecule has 0 spiro atoms. The van der Waals surface area contributed by atoms with E-state index in [9.17, 15) is 23.9 Å². The Morgan fingerprint density at radius 3 is 2.29 bits per heavy atom. The topological polar surface area (TPSA) is 143 Å². The number of para-hydroxylation sites is 1. The monoisotopic (exact) mass is 586 g/mol. The predicted molar refractivity (Wildman–Crippen MR) is 162 cm³/mol. The van der Waals surface area contributed by atoms with Gasteiger partial charge >= 0.3 is 5.97 Å². The molecule has 0 unspecified atom stereocenters. The number of benzene rings is 2. The molecule has 0 aliphatic heterocycles. The molecule has 232 valence electrons. The fraction of sp³-hybridized carbons (Fsp3) is 0.531. The molecule has 2 aromatic carbocycles. The molecule has 0 saturated carbocycles. The van der Waals surface area contributed by atoms with Crippen molar-refractivity contribution < 1.29 is 28.6 Å². The van der Waals surface area contributed by atoms with E-state index in [1.54, 1.807) is 26.0 Å². The maximum atomic E-state index is 14.0. The lowest BCUT2D eigenvalue weighted by molar-refractivity contribution is -0.143. The highest BCUT2D eigenvalue weighted by atomic mass is 19.1. The molecular formula is C32H47FN4O5. The Morgan fingerprint density at radius 2 is 1.67 bits per heavy atom. The van der Waals surface area contributed by atoms with Crippen molar-refractivity contribution in [2.75, 3.05) is 13.2 Å². The van der Waals surface area contributed by atoms with Gasteiger partial charge in [-0.05, 0) is 80.3 Å². The average Bonchev–Trinajstić information content (AvgIpc) is 2.92. The first kappa shape index (κ1) is 34.7. The lowest BCUT2D eigenvalue weighted by atomic mass is 9.99. The van der Waals surface area contributed by atoms with Gasteiger partial charge in [0.05, 0.1) is 6.04 Å². The first-order valence-corrected chi connectivity index (χ1v) is 14.7. The Hall–Kier alpha value is -3.50. The van der Waals surface area contributed by atoms with Crippen molar-refractivity contribution in [1.82, 2.24) is 16.0 Å². The highest BCUT2D eigenvalue weighted by Crippen LogP contribution is 2.20. The van der Waals surface area contributed by atoms with Gasteiger partial charge in [-0.25, -0.2) is 9.18 Å². The number of carbonyl (C=O) groups excluding carboxylic acids is 2. The van der Waals surface area contributed by atoms with E-state index in [-0.39, 0.29) is 37.3 Å². The van der Waals surface area contributed by atoms with Crippen LogP contribution in [0.15, 0.2) is 48.5 Å². The smallest absolute Gasteiger partial charge is 0.326 e. The van der Waals surface area contributed by atoms with Crippen molar-refractivity contribution in [2.45, 2.75) is 84.5 Å². The number of nitrogens with one attached hydrogen (secondary N) is 3. The number of carbonyl (C=O) groups is 3. The molecule has 2 amide bonds. The lowest BCUT2D eigenvalue weighted by Crippen LogP contribution is -2.58. The van der Waals surface area contributed by atoms with Gasteiger partial charge in [0.15, 0.2) is 0 Å². The van der Waals surface area contributed by atoms with E-state index in [4.69, 9.17) is 10.5 Å². The van der Waals surface area contributed by atoms with E-state index in [0.29, 0.717) is 12.1 Å². The maximum Gasteiger partial charge on any atom is 0.326 e. The molecule has 0 radical (unpaired) electrons. The summed E-state index contributed by atoms with van der Waals surface area (Å²) in [7, 11) is 0. The molecular weight excluding hydrogens is 539 g/mol. The third kappa shape index (κ3) is 11.8. The van der Waals surface area contributed by atoms with E-state index < -0.39 is 41.7 Å². The summed E-state index contributed by atoms with van der Waals surface area (Å²) in [6.45, 7) is 10.0. The van der Waals surface area contributed by atoms with Crippen molar-refractivity contribution in [2.24, 2.45) is 17.6 Å². The van der Waals surface area contributed by atoms with Crippen LogP contribution < -0.4 is 26.4 Å². The number of amides is 2. The van der Waals surface area contributed by atoms with Gasteiger partial charge in [0.25, 0.3) is 0 Å². The minimum Gasteiger partial charge on any atom is -0.492 e. The van der Waals surface area contributed by atoms with Gasteiger partial charge in [0.1, 0.15) is 30.3 Å². The molecule has 42 heavy (non-hydrogen) atoms. The Balaban J connectivity index is 2.19. The third-order valence-corrected chi connectivity index (χ3v) is 6.81. The zero-order valence-corrected chi connectivity index (χ0v) is 25.4. The van der Waals surface area contributed by atoms with Crippen LogP contribution in [0.2, 0.25) is 0 Å². The highest BCUT2D eigenvalue weighted by Gasteiger charge is 2.31. The van der Waals surface area contributed by atoms with Gasteiger partial charge in [-0.1, -0.05) is 58.0 Å². The minimum atomic E-state index is -1.13. The van der Waals surface area contributed by atoms with Crippen molar-refractivity contribution in [3.05, 3.63) is 65.5 Å². The Morgan fingerprint density at radius 1 is 0.952 bits per heavy atom. The molecule has 4 atom stereocenters. The molecule has 0 aliphatic carbocycles. The van der Waals surface area contributed by atoms with Gasteiger partial charge in [-0.2, -0.15) is 0 Å². The van der Waals surface area contributed by atoms with Gasteiger partial charge in [0.2, 0.25) is 11.8 Å². The highest BCUT2D eigenvalue weighted by molar-refractivity contribution is 5.92. The standard InChI is InChI=1S/C32H47FN4O5/c1-20(2)16-27(32(40)41)36-31(39)29(21(3)4)37-30(38)26(18-23-10-8-13-25(33)17-23)35-22(5)19-42-28-14-7-6-11-24(28)12-9-15-34/h6-8,10-11,13-14,17,20-22,26-27,29,35H,9,12,15-16,18-19,34H2,1-5H3,(H,36,39)(H,37,38)(H,40,41)/t22-,26+,27-,29+/m0/s1. The second-order valence-electron chi connectivity index (χ2n) is 11.5. The van der Waals surface area contributed by atoms with Crippen LogP contribution in [0, 0.1) is 17.7 Å². The Bertz CT molecular complexity index is 1160. The van der Waals surface area contributed by atoms with E-state index in [1.165, 1.54) is 12.1 Å². The van der Waals surface area contributed by atoms with Crippen LogP contribution >= 0.6 is 0 Å². The van der Waals surface area contributed by atoms with E-state index >= 15 is 0 Å². The van der Waals surface area contributed by atoms with Gasteiger partial charge in [-0.3, -0.25) is 14.9 Å². The molecule has 10 heteroatoms.